The number of ether oxygens (including phenoxy) is 1. The number of rotatable bonds is 10. The summed E-state index contributed by atoms with van der Waals surface area (Å²) in [6, 6.07) is 24.5. The van der Waals surface area contributed by atoms with Crippen LogP contribution >= 0.6 is 0 Å². The molecule has 0 fully saturated rings. The first-order chi connectivity index (χ1) is 15.1. The molecule has 3 aromatic rings. The second-order valence-corrected chi connectivity index (χ2v) is 7.31. The molecule has 160 valence electrons. The lowest BCUT2D eigenvalue weighted by molar-refractivity contribution is 0.0940. The minimum Gasteiger partial charge on any atom is -0.381 e. The fourth-order valence-corrected chi connectivity index (χ4v) is 3.10. The molecule has 0 saturated heterocycles. The summed E-state index contributed by atoms with van der Waals surface area (Å²) < 4.78 is 5.65. The molecule has 3 rings (SSSR count). The zero-order chi connectivity index (χ0) is 21.9. The SMILES string of the molecule is Cc1ccc(C(=O)NCCCOCCc2ccccc2)cc1NC(=O)c1ccccc1. The van der Waals surface area contributed by atoms with Crippen LogP contribution in [0.1, 0.15) is 38.3 Å². The van der Waals surface area contributed by atoms with Crippen molar-refractivity contribution in [1.82, 2.24) is 5.32 Å². The van der Waals surface area contributed by atoms with Gasteiger partial charge in [0.05, 0.1) is 6.61 Å². The van der Waals surface area contributed by atoms with E-state index in [1.807, 2.05) is 49.4 Å². The number of amides is 2. The van der Waals surface area contributed by atoms with Crippen molar-refractivity contribution in [2.75, 3.05) is 25.1 Å². The Bertz CT molecular complexity index is 988. The van der Waals surface area contributed by atoms with Crippen molar-refractivity contribution in [2.45, 2.75) is 19.8 Å². The first-order valence-corrected chi connectivity index (χ1v) is 10.5. The lowest BCUT2D eigenvalue weighted by Gasteiger charge is -2.11. The third kappa shape index (κ3) is 7.08. The molecule has 0 aliphatic carbocycles. The standard InChI is InChI=1S/C26H28N2O3/c1-20-13-14-23(19-24(20)28-26(30)22-11-6-3-7-12-22)25(29)27-16-8-17-31-18-15-21-9-4-2-5-10-21/h2-7,9-14,19H,8,15-18H2,1H3,(H,27,29)(H,28,30). The highest BCUT2D eigenvalue weighted by Crippen LogP contribution is 2.18. The van der Waals surface area contributed by atoms with Gasteiger partial charge in [-0.2, -0.15) is 0 Å². The first-order valence-electron chi connectivity index (χ1n) is 10.5. The summed E-state index contributed by atoms with van der Waals surface area (Å²) in [7, 11) is 0. The van der Waals surface area contributed by atoms with Gasteiger partial charge in [0.1, 0.15) is 0 Å². The van der Waals surface area contributed by atoms with Crippen molar-refractivity contribution in [1.29, 1.82) is 0 Å². The minimum absolute atomic E-state index is 0.167. The van der Waals surface area contributed by atoms with E-state index in [4.69, 9.17) is 4.74 Å². The topological polar surface area (TPSA) is 67.4 Å². The Morgan fingerprint density at radius 3 is 2.26 bits per heavy atom. The molecule has 2 amide bonds. The van der Waals surface area contributed by atoms with E-state index < -0.39 is 0 Å². The molecule has 0 heterocycles. The third-order valence-corrected chi connectivity index (χ3v) is 4.91. The van der Waals surface area contributed by atoms with Gasteiger partial charge in [0, 0.05) is 30.0 Å². The lowest BCUT2D eigenvalue weighted by Crippen LogP contribution is -2.25. The molecule has 0 atom stereocenters. The number of carbonyl (C=O) groups is 2. The second-order valence-electron chi connectivity index (χ2n) is 7.31. The molecule has 0 aliphatic rings. The van der Waals surface area contributed by atoms with Gasteiger partial charge in [-0.25, -0.2) is 0 Å². The molecule has 0 aromatic heterocycles. The number of aryl methyl sites for hydroxylation is 1. The van der Waals surface area contributed by atoms with Gasteiger partial charge in [-0.3, -0.25) is 9.59 Å². The Morgan fingerprint density at radius 2 is 1.52 bits per heavy atom. The third-order valence-electron chi connectivity index (χ3n) is 4.91. The Hall–Kier alpha value is -3.44. The predicted octanol–water partition coefficient (Wildman–Crippen LogP) is 4.63. The molecule has 31 heavy (non-hydrogen) atoms. The van der Waals surface area contributed by atoms with Crippen molar-refractivity contribution in [3.8, 4) is 0 Å². The summed E-state index contributed by atoms with van der Waals surface area (Å²) in [4.78, 5) is 24.9. The highest BCUT2D eigenvalue weighted by molar-refractivity contribution is 6.05. The zero-order valence-electron chi connectivity index (χ0n) is 17.8. The van der Waals surface area contributed by atoms with Crippen molar-refractivity contribution < 1.29 is 14.3 Å². The van der Waals surface area contributed by atoms with Crippen molar-refractivity contribution in [2.24, 2.45) is 0 Å². The molecule has 0 saturated carbocycles. The normalized spacial score (nSPS) is 10.5. The van der Waals surface area contributed by atoms with Gasteiger partial charge in [-0.15, -0.1) is 0 Å². The number of carbonyl (C=O) groups excluding carboxylic acids is 2. The Morgan fingerprint density at radius 1 is 0.806 bits per heavy atom. The lowest BCUT2D eigenvalue weighted by atomic mass is 10.1. The average Bonchev–Trinajstić information content (AvgIpc) is 2.81. The molecular formula is C26H28N2O3. The first kappa shape index (κ1) is 22.2. The highest BCUT2D eigenvalue weighted by Gasteiger charge is 2.11. The largest absolute Gasteiger partial charge is 0.381 e. The molecule has 0 spiro atoms. The van der Waals surface area contributed by atoms with Crippen LogP contribution < -0.4 is 10.6 Å². The molecular weight excluding hydrogens is 388 g/mol. The zero-order valence-corrected chi connectivity index (χ0v) is 17.8. The summed E-state index contributed by atoms with van der Waals surface area (Å²) >= 11 is 0. The molecule has 5 nitrogen and oxygen atoms in total. The van der Waals surface area contributed by atoms with E-state index >= 15 is 0 Å². The summed E-state index contributed by atoms with van der Waals surface area (Å²) in [6.07, 6.45) is 1.62. The Balaban J connectivity index is 1.42. The molecule has 0 unspecified atom stereocenters. The van der Waals surface area contributed by atoms with Crippen LogP contribution in [-0.4, -0.2) is 31.6 Å². The number of hydrogen-bond donors (Lipinski definition) is 2. The van der Waals surface area contributed by atoms with Gasteiger partial charge >= 0.3 is 0 Å². The Labute approximate surface area is 183 Å². The van der Waals surface area contributed by atoms with Crippen molar-refractivity contribution in [3.63, 3.8) is 0 Å². The molecule has 0 radical (unpaired) electrons. The average molecular weight is 417 g/mol. The van der Waals surface area contributed by atoms with Gasteiger partial charge in [0.2, 0.25) is 0 Å². The fraction of sp³-hybridized carbons (Fsp3) is 0.231. The van der Waals surface area contributed by atoms with E-state index in [9.17, 15) is 9.59 Å². The quantitative estimate of drug-likeness (QED) is 0.474. The van der Waals surface area contributed by atoms with E-state index in [1.54, 1.807) is 24.3 Å². The van der Waals surface area contributed by atoms with Gasteiger partial charge in [-0.05, 0) is 55.2 Å². The van der Waals surface area contributed by atoms with Crippen LogP contribution in [0.25, 0.3) is 0 Å². The van der Waals surface area contributed by atoms with Gasteiger partial charge in [-0.1, -0.05) is 54.6 Å². The predicted molar refractivity (Wildman–Crippen MR) is 123 cm³/mol. The molecule has 2 N–H and O–H groups in total. The van der Waals surface area contributed by atoms with Gasteiger partial charge in [0.15, 0.2) is 0 Å². The van der Waals surface area contributed by atoms with E-state index in [2.05, 4.69) is 22.8 Å². The number of anilines is 1. The second kappa shape index (κ2) is 11.7. The smallest absolute Gasteiger partial charge is 0.255 e. The minimum atomic E-state index is -0.200. The van der Waals surface area contributed by atoms with E-state index in [0.29, 0.717) is 36.6 Å². The summed E-state index contributed by atoms with van der Waals surface area (Å²) in [5.74, 6) is -0.367. The van der Waals surface area contributed by atoms with Crippen LogP contribution in [0.5, 0.6) is 0 Å². The fourth-order valence-electron chi connectivity index (χ4n) is 3.10. The van der Waals surface area contributed by atoms with E-state index in [-0.39, 0.29) is 11.8 Å². The van der Waals surface area contributed by atoms with Crippen molar-refractivity contribution in [3.05, 3.63) is 101 Å². The summed E-state index contributed by atoms with van der Waals surface area (Å²) in [5.41, 5.74) is 3.87. The van der Waals surface area contributed by atoms with Crippen LogP contribution in [0.4, 0.5) is 5.69 Å². The van der Waals surface area contributed by atoms with E-state index in [1.165, 1.54) is 5.56 Å². The number of hydrogen-bond acceptors (Lipinski definition) is 3. The molecule has 0 aliphatic heterocycles. The number of benzene rings is 3. The van der Waals surface area contributed by atoms with E-state index in [0.717, 1.165) is 18.4 Å². The maximum atomic E-state index is 12.5. The molecule has 5 heteroatoms. The van der Waals surface area contributed by atoms with Crippen LogP contribution in [0, 0.1) is 6.92 Å². The van der Waals surface area contributed by atoms with Crippen LogP contribution in [0.2, 0.25) is 0 Å². The van der Waals surface area contributed by atoms with Crippen LogP contribution in [-0.2, 0) is 11.2 Å². The molecule has 3 aromatic carbocycles. The highest BCUT2D eigenvalue weighted by atomic mass is 16.5. The molecule has 0 bridgehead atoms. The van der Waals surface area contributed by atoms with Gasteiger partial charge in [0.25, 0.3) is 11.8 Å². The summed E-state index contributed by atoms with van der Waals surface area (Å²) in [6.45, 7) is 3.69. The van der Waals surface area contributed by atoms with Crippen LogP contribution in [0.3, 0.4) is 0 Å². The van der Waals surface area contributed by atoms with Crippen molar-refractivity contribution >= 4 is 17.5 Å². The summed E-state index contributed by atoms with van der Waals surface area (Å²) in [5, 5.41) is 5.79. The monoisotopic (exact) mass is 416 g/mol. The maximum absolute atomic E-state index is 12.5. The Kier molecular flexibility index (Phi) is 8.38. The van der Waals surface area contributed by atoms with Crippen LogP contribution in [0.15, 0.2) is 78.9 Å². The maximum Gasteiger partial charge on any atom is 0.255 e. The van der Waals surface area contributed by atoms with Gasteiger partial charge < -0.3 is 15.4 Å². The number of nitrogens with one attached hydrogen (secondary N) is 2.